The first-order chi connectivity index (χ1) is 64.5. The Bertz CT molecular complexity index is 5970. The van der Waals surface area contributed by atoms with E-state index in [1.165, 1.54) is 14.7 Å². The molecule has 134 heavy (non-hydrogen) atoms. The van der Waals surface area contributed by atoms with Crippen molar-refractivity contribution in [2.45, 2.75) is 224 Å². The summed E-state index contributed by atoms with van der Waals surface area (Å²) in [6.45, 7) is 15.0. The van der Waals surface area contributed by atoms with Gasteiger partial charge in [0.1, 0.15) is 11.6 Å². The lowest BCUT2D eigenvalue weighted by Gasteiger charge is -2.49. The predicted octanol–water partition coefficient (Wildman–Crippen LogP) is 15.7. The Morgan fingerprint density at radius 3 is 1.16 bits per heavy atom. The second-order valence-electron chi connectivity index (χ2n) is 36.1. The van der Waals surface area contributed by atoms with Crippen LogP contribution in [0.1, 0.15) is 185 Å². The van der Waals surface area contributed by atoms with Crippen molar-refractivity contribution in [2.24, 2.45) is 5.92 Å². The average Bonchev–Trinajstić information content (AvgIpc) is 1.56. The molecule has 5 aliphatic heterocycles. The number of ketones is 4. The van der Waals surface area contributed by atoms with Gasteiger partial charge in [-0.2, -0.15) is 12.6 Å². The minimum absolute atomic E-state index is 0.0000640. The molecule has 5 fully saturated rings. The number of β-amino-alcohol motifs (C(OH)–C–C–N with tert-alkyl or cyclic N) is 4. The second kappa shape index (κ2) is 45.4. The molecule has 7 aromatic carbocycles. The molecule has 0 bridgehead atoms. The van der Waals surface area contributed by atoms with Crippen molar-refractivity contribution in [2.75, 3.05) is 31.9 Å². The van der Waals surface area contributed by atoms with Crippen LogP contribution in [0.3, 0.4) is 0 Å². The molecule has 17 rings (SSSR count). The highest BCUT2D eigenvalue weighted by Crippen LogP contribution is 2.46. The summed E-state index contributed by atoms with van der Waals surface area (Å²) >= 11 is 10.7. The fourth-order valence-electron chi connectivity index (χ4n) is 18.5. The number of benzene rings is 7. The normalized spacial score (nSPS) is 19.5. The Labute approximate surface area is 803 Å². The van der Waals surface area contributed by atoms with Crippen LogP contribution in [0.4, 0.5) is 0 Å². The third kappa shape index (κ3) is 24.0. The van der Waals surface area contributed by atoms with E-state index in [1.54, 1.807) is 85.5 Å². The van der Waals surface area contributed by atoms with Crippen molar-refractivity contribution in [1.82, 2.24) is 49.8 Å². The van der Waals surface area contributed by atoms with Crippen molar-refractivity contribution in [1.29, 1.82) is 0 Å². The van der Waals surface area contributed by atoms with Gasteiger partial charge in [0.25, 0.3) is 17.7 Å². The molecule has 4 saturated heterocycles. The summed E-state index contributed by atoms with van der Waals surface area (Å²) in [7, 11) is 0. The topological polar surface area (TPSA) is 331 Å². The number of carbonyl (C=O) groups is 10. The molecule has 24 nitrogen and oxygen atoms in total. The van der Waals surface area contributed by atoms with Gasteiger partial charge >= 0.3 is 0 Å². The summed E-state index contributed by atoms with van der Waals surface area (Å²) in [6, 6.07) is 53.2. The number of nitrogens with zero attached hydrogens (tertiary/aromatic N) is 9. The number of hydrogen-bond acceptors (Lipinski definition) is 23. The maximum atomic E-state index is 14.0. The molecule has 9 atom stereocenters. The number of rotatable bonds is 30. The largest absolute Gasteiger partial charge is 0.391 e. The number of nitrogens with one attached hydrogen (secondary N) is 1. The molecule has 0 spiro atoms. The summed E-state index contributed by atoms with van der Waals surface area (Å²) in [5.74, 6) is -0.875. The predicted molar refractivity (Wildman–Crippen MR) is 526 cm³/mol. The standard InChI is InChI=1S/C30H31N3O4S.C26H35N3O4S2.C25H26N2O3S.C24H24N2O3S/c1-19-27(38-18-31-19)21-10-7-20(8-11-21)9-12-26(35)25-15-23(34)17-32(25)29(37)30(13-4-14-30)33-16-22-5-2-3-6-24(22)28(33)36;1-16(2)4-11-24(32)28-21(14-34)26(33)29-13-20(30)12-22(29)23(31)10-7-18-5-8-19(9-6-18)25-17(3)27-15-35-25;1-16-4-3-5-20(12-16)25(30)27-14-21(28)13-22(27)23(29)11-8-18-6-9-19(10-7-18)24-17(2)26-15-31-24;1-16-23(30-15-25-16)18-10-7-17(8-11-18)9-12-22(28)21-13-20(27)14-26(21)24(29)19-5-3-2-4-6-19/h2-3,5-8,10-11,18,23,25,34H,4,9,12-17H2,1H3;5-6,8-9,15-16,20-22,30,34H,4,7,10-14H2,1-3H3,(H,28,32);3-7,9-10,12,15,21-22,28H,8,11,13-14H2,1-2H3;2-8,10-11,15,20-21,27H,9,12-14H2,1H3/t23-,25+;20-,21+,22+;21-,22+;20-,21+/m1111/s1. The van der Waals surface area contributed by atoms with E-state index in [4.69, 9.17) is 0 Å². The number of aromatic nitrogens is 4. The van der Waals surface area contributed by atoms with Crippen LogP contribution < -0.4 is 5.32 Å². The third-order valence-electron chi connectivity index (χ3n) is 26.1. The van der Waals surface area contributed by atoms with Gasteiger partial charge in [0.15, 0.2) is 23.1 Å². The molecule has 5 N–H and O–H groups in total. The first-order valence-corrected chi connectivity index (χ1v) is 50.1. The molecule has 700 valence electrons. The molecule has 6 aliphatic rings. The lowest BCUT2D eigenvalue weighted by Crippen LogP contribution is -2.64. The number of thiol groups is 1. The Kier molecular flexibility index (Phi) is 33.4. The first kappa shape index (κ1) is 98.7. The number of Topliss-reactive ketones (excluding diaryl/α,β-unsaturated/α-hetero) is 4. The van der Waals surface area contributed by atoms with Gasteiger partial charge < -0.3 is 50.2 Å². The second-order valence-corrected chi connectivity index (χ2v) is 39.9. The summed E-state index contributed by atoms with van der Waals surface area (Å²) in [6.07, 6.45) is 4.95. The van der Waals surface area contributed by atoms with Crippen LogP contribution in [0, 0.1) is 40.5 Å². The monoisotopic (exact) mass is 1900 g/mol. The van der Waals surface area contributed by atoms with Crippen molar-refractivity contribution in [3.8, 4) is 41.8 Å². The average molecular weight is 1900 g/mol. The van der Waals surface area contributed by atoms with E-state index < -0.39 is 60.2 Å². The number of hydrogen-bond donors (Lipinski definition) is 6. The zero-order chi connectivity index (χ0) is 95.0. The lowest BCUT2D eigenvalue weighted by molar-refractivity contribution is -0.152. The van der Waals surface area contributed by atoms with Crippen LogP contribution in [0.25, 0.3) is 41.8 Å². The Hall–Kier alpha value is -11.3. The molecule has 4 aromatic heterocycles. The zero-order valence-corrected chi connectivity index (χ0v) is 80.7. The summed E-state index contributed by atoms with van der Waals surface area (Å²) in [4.78, 5) is 160. The molecule has 29 heteroatoms. The summed E-state index contributed by atoms with van der Waals surface area (Å²) in [5, 5.41) is 43.7. The van der Waals surface area contributed by atoms with Crippen molar-refractivity contribution in [3.05, 3.63) is 271 Å². The molecular weight excluding hydrogens is 1790 g/mol. The molecule has 1 aliphatic carbocycles. The minimum atomic E-state index is -0.927. The highest BCUT2D eigenvalue weighted by molar-refractivity contribution is 7.80. The van der Waals surface area contributed by atoms with E-state index in [9.17, 15) is 68.4 Å². The number of thiazole rings is 4. The van der Waals surface area contributed by atoms with Gasteiger partial charge in [0, 0.05) is 113 Å². The number of aliphatic hydroxyl groups is 4. The molecular formula is C105H116N10O14S5. The van der Waals surface area contributed by atoms with Crippen LogP contribution in [0.5, 0.6) is 0 Å². The van der Waals surface area contributed by atoms with Crippen LogP contribution >= 0.6 is 58.0 Å². The molecule has 6 amide bonds. The van der Waals surface area contributed by atoms with E-state index in [1.807, 2.05) is 180 Å². The number of fused-ring (bicyclic) bond motifs is 1. The van der Waals surface area contributed by atoms with Gasteiger partial charge in [-0.1, -0.05) is 165 Å². The van der Waals surface area contributed by atoms with Gasteiger partial charge in [-0.05, 0) is 172 Å². The molecule has 1 saturated carbocycles. The SMILES string of the molecule is Cc1cccc(C(=O)N2C[C@H](O)C[C@H]2C(=O)CCc2ccc(-c3scnc3C)cc2)c1.Cc1ncsc1-c1ccc(CCC(=O)[C@@H]2C[C@@H](O)CN2C(=O)C2(N3Cc4ccccc4C3=O)CCC2)cc1.Cc1ncsc1-c1ccc(CCC(=O)[C@@H]2C[C@@H](O)CN2C(=O)[C@H](CS)NC(=O)CCC(C)C)cc1.Cc1ncsc1-c1ccc(CCC(=O)[C@@H]2C[C@@H](O)CN2C(=O)c2ccccc2)cc1. The smallest absolute Gasteiger partial charge is 0.255 e. The van der Waals surface area contributed by atoms with E-state index in [-0.39, 0.29) is 110 Å². The van der Waals surface area contributed by atoms with Crippen molar-refractivity contribution >= 4 is 117 Å². The lowest BCUT2D eigenvalue weighted by atomic mass is 9.73. The number of carbonyl (C=O) groups excluding carboxylic acids is 10. The fraction of sp³-hybridized carbons (Fsp3) is 0.390. The van der Waals surface area contributed by atoms with Gasteiger partial charge in [0.2, 0.25) is 17.7 Å². The maximum Gasteiger partial charge on any atom is 0.255 e. The quantitative estimate of drug-likeness (QED) is 0.0228. The number of likely N-dealkylation sites (tertiary alicyclic amines) is 4. The first-order valence-electron chi connectivity index (χ1n) is 46.0. The van der Waals surface area contributed by atoms with Crippen LogP contribution in [-0.2, 0) is 65.8 Å². The van der Waals surface area contributed by atoms with Crippen LogP contribution in [0.15, 0.2) is 198 Å². The van der Waals surface area contributed by atoms with Crippen molar-refractivity contribution < 1.29 is 68.4 Å². The van der Waals surface area contributed by atoms with Crippen molar-refractivity contribution in [3.63, 3.8) is 0 Å². The summed E-state index contributed by atoms with van der Waals surface area (Å²) in [5.41, 5.74) is 22.9. The van der Waals surface area contributed by atoms with Crippen LogP contribution in [-0.4, -0.2) is 216 Å². The third-order valence-corrected chi connectivity index (χ3v) is 30.4. The van der Waals surface area contributed by atoms with E-state index >= 15 is 0 Å². The molecule has 0 unspecified atom stereocenters. The molecule has 9 heterocycles. The van der Waals surface area contributed by atoms with Gasteiger partial charge in [-0.15, -0.1) is 45.3 Å². The highest BCUT2D eigenvalue weighted by Gasteiger charge is 2.57. The Morgan fingerprint density at radius 2 is 0.799 bits per heavy atom. The Balaban J connectivity index is 0.000000144. The number of aryl methyl sites for hydroxylation is 9. The number of amides is 6. The number of aliphatic hydroxyl groups excluding tert-OH is 4. The highest BCUT2D eigenvalue weighted by atomic mass is 32.1. The van der Waals surface area contributed by atoms with E-state index in [0.717, 1.165) is 111 Å². The maximum absolute atomic E-state index is 14.0. The summed E-state index contributed by atoms with van der Waals surface area (Å²) < 4.78 is 0. The van der Waals surface area contributed by atoms with Gasteiger partial charge in [-0.25, -0.2) is 19.9 Å². The van der Waals surface area contributed by atoms with E-state index in [2.05, 4.69) is 74.3 Å². The van der Waals surface area contributed by atoms with Gasteiger partial charge in [0.05, 0.1) is 113 Å². The zero-order valence-electron chi connectivity index (χ0n) is 76.6. The molecule has 11 aromatic rings. The Morgan fingerprint density at radius 1 is 0.440 bits per heavy atom. The van der Waals surface area contributed by atoms with Crippen LogP contribution in [0.2, 0.25) is 0 Å². The molecule has 0 radical (unpaired) electrons. The fourth-order valence-corrected chi connectivity index (χ4v) is 22.0. The van der Waals surface area contributed by atoms with E-state index in [0.29, 0.717) is 106 Å². The van der Waals surface area contributed by atoms with Gasteiger partial charge in [-0.3, -0.25) is 47.9 Å². The minimum Gasteiger partial charge on any atom is -0.391 e.